The van der Waals surface area contributed by atoms with Crippen LogP contribution >= 0.6 is 45.8 Å². The predicted octanol–water partition coefficient (Wildman–Crippen LogP) is 7.48. The van der Waals surface area contributed by atoms with Gasteiger partial charge < -0.3 is 0 Å². The topological polar surface area (TPSA) is 12.9 Å². The number of aromatic nitrogens is 1. The Morgan fingerprint density at radius 1 is 0.800 bits per heavy atom. The molecule has 4 rings (SSSR count). The number of hydrogen-bond acceptors (Lipinski definition) is 1. The molecule has 0 fully saturated rings. The van der Waals surface area contributed by atoms with Crippen LogP contribution in [0, 0.1) is 3.57 Å². The fourth-order valence-electron chi connectivity index (χ4n) is 2.94. The van der Waals surface area contributed by atoms with E-state index in [4.69, 9.17) is 28.2 Å². The highest BCUT2D eigenvalue weighted by atomic mass is 127. The Labute approximate surface area is 169 Å². The van der Waals surface area contributed by atoms with Crippen LogP contribution in [0.15, 0.2) is 72.8 Å². The highest BCUT2D eigenvalue weighted by Gasteiger charge is 2.17. The Morgan fingerprint density at radius 2 is 1.52 bits per heavy atom. The third-order valence-electron chi connectivity index (χ3n) is 4.08. The molecule has 0 bridgehead atoms. The Morgan fingerprint density at radius 3 is 2.28 bits per heavy atom. The van der Waals surface area contributed by atoms with Gasteiger partial charge in [-0.3, -0.25) is 0 Å². The first-order valence-electron chi connectivity index (χ1n) is 7.74. The van der Waals surface area contributed by atoms with Crippen molar-refractivity contribution in [1.29, 1.82) is 0 Å². The molecule has 0 atom stereocenters. The summed E-state index contributed by atoms with van der Waals surface area (Å²) in [7, 11) is 0. The van der Waals surface area contributed by atoms with Crippen LogP contribution in [0.4, 0.5) is 0 Å². The lowest BCUT2D eigenvalue weighted by Crippen LogP contribution is -1.96. The highest BCUT2D eigenvalue weighted by Crippen LogP contribution is 2.40. The number of hydrogen-bond donors (Lipinski definition) is 0. The van der Waals surface area contributed by atoms with Crippen LogP contribution in [0.2, 0.25) is 10.0 Å². The van der Waals surface area contributed by atoms with Gasteiger partial charge in [-0.15, -0.1) is 0 Å². The molecule has 122 valence electrons. The van der Waals surface area contributed by atoms with E-state index in [1.807, 2.05) is 36.4 Å². The van der Waals surface area contributed by atoms with Gasteiger partial charge in [-0.25, -0.2) is 4.98 Å². The van der Waals surface area contributed by atoms with Crippen LogP contribution in [-0.4, -0.2) is 4.98 Å². The standard InChI is InChI=1S/C21H12Cl2IN/c22-14-10-11-15(17(23)12-14)21-20(24)19(13-6-2-1-3-7-13)16-8-4-5-9-18(16)25-21/h1-12H. The van der Waals surface area contributed by atoms with E-state index < -0.39 is 0 Å². The van der Waals surface area contributed by atoms with E-state index in [1.54, 1.807) is 6.07 Å². The van der Waals surface area contributed by atoms with E-state index in [9.17, 15) is 0 Å². The fraction of sp³-hybridized carbons (Fsp3) is 0. The molecule has 3 aromatic carbocycles. The molecule has 4 aromatic rings. The quantitative estimate of drug-likeness (QED) is 0.274. The van der Waals surface area contributed by atoms with Crippen LogP contribution in [0.3, 0.4) is 0 Å². The van der Waals surface area contributed by atoms with Crippen molar-refractivity contribution >= 4 is 56.7 Å². The average molecular weight is 476 g/mol. The molecule has 0 N–H and O–H groups in total. The maximum absolute atomic E-state index is 6.46. The Bertz CT molecular complexity index is 1080. The first-order chi connectivity index (χ1) is 12.1. The molecule has 0 saturated carbocycles. The number of pyridine rings is 1. The first kappa shape index (κ1) is 16.8. The number of fused-ring (bicyclic) bond motifs is 1. The van der Waals surface area contributed by atoms with Crippen LogP contribution in [-0.2, 0) is 0 Å². The van der Waals surface area contributed by atoms with Crippen molar-refractivity contribution < 1.29 is 0 Å². The van der Waals surface area contributed by atoms with E-state index in [2.05, 4.69) is 52.9 Å². The van der Waals surface area contributed by atoms with Crippen molar-refractivity contribution in [3.8, 4) is 22.4 Å². The lowest BCUT2D eigenvalue weighted by molar-refractivity contribution is 1.37. The molecular weight excluding hydrogens is 464 g/mol. The van der Waals surface area contributed by atoms with E-state index in [0.717, 1.165) is 31.3 Å². The molecule has 4 heteroatoms. The van der Waals surface area contributed by atoms with Gasteiger partial charge in [-0.1, -0.05) is 71.7 Å². The third-order valence-corrected chi connectivity index (χ3v) is 5.68. The Balaban J connectivity index is 2.09. The molecule has 1 aromatic heterocycles. The van der Waals surface area contributed by atoms with Gasteiger partial charge in [0.25, 0.3) is 0 Å². The molecule has 1 nitrogen and oxygen atoms in total. The summed E-state index contributed by atoms with van der Waals surface area (Å²) in [6.07, 6.45) is 0. The van der Waals surface area contributed by atoms with Gasteiger partial charge in [0.1, 0.15) is 0 Å². The maximum Gasteiger partial charge on any atom is 0.0864 e. The molecular formula is C21H12Cl2IN. The van der Waals surface area contributed by atoms with Crippen LogP contribution in [0.5, 0.6) is 0 Å². The molecule has 0 amide bonds. The lowest BCUT2D eigenvalue weighted by atomic mass is 9.98. The summed E-state index contributed by atoms with van der Waals surface area (Å²) in [6, 6.07) is 24.1. The fourth-order valence-corrected chi connectivity index (χ4v) is 4.45. The van der Waals surface area contributed by atoms with Gasteiger partial charge >= 0.3 is 0 Å². The summed E-state index contributed by atoms with van der Waals surface area (Å²) in [5.74, 6) is 0. The van der Waals surface area contributed by atoms with Crippen molar-refractivity contribution in [2.75, 3.05) is 0 Å². The normalized spacial score (nSPS) is 11.0. The van der Waals surface area contributed by atoms with Crippen LogP contribution in [0.1, 0.15) is 0 Å². The van der Waals surface area contributed by atoms with Crippen LogP contribution < -0.4 is 0 Å². The van der Waals surface area contributed by atoms with Gasteiger partial charge in [-0.2, -0.15) is 0 Å². The second-order valence-electron chi connectivity index (χ2n) is 5.66. The van der Waals surface area contributed by atoms with Gasteiger partial charge in [0.15, 0.2) is 0 Å². The van der Waals surface area contributed by atoms with Crippen molar-refractivity contribution in [3.63, 3.8) is 0 Å². The zero-order valence-electron chi connectivity index (χ0n) is 13.0. The van der Waals surface area contributed by atoms with Gasteiger partial charge in [0.2, 0.25) is 0 Å². The maximum atomic E-state index is 6.46. The molecule has 0 spiro atoms. The monoisotopic (exact) mass is 475 g/mol. The minimum absolute atomic E-state index is 0.604. The Hall–Kier alpha value is -1.62. The summed E-state index contributed by atoms with van der Waals surface area (Å²) < 4.78 is 1.08. The van der Waals surface area contributed by atoms with E-state index in [0.29, 0.717) is 10.0 Å². The van der Waals surface area contributed by atoms with E-state index >= 15 is 0 Å². The number of rotatable bonds is 2. The molecule has 0 aliphatic carbocycles. The van der Waals surface area contributed by atoms with Crippen molar-refractivity contribution in [2.45, 2.75) is 0 Å². The molecule has 0 radical (unpaired) electrons. The van der Waals surface area contributed by atoms with Gasteiger partial charge in [0.05, 0.1) is 16.2 Å². The lowest BCUT2D eigenvalue weighted by Gasteiger charge is -2.15. The summed E-state index contributed by atoms with van der Waals surface area (Å²) in [5, 5.41) is 2.35. The molecule has 0 aliphatic rings. The zero-order valence-corrected chi connectivity index (χ0v) is 16.7. The number of para-hydroxylation sites is 1. The minimum Gasteiger partial charge on any atom is -0.247 e. The molecule has 1 heterocycles. The largest absolute Gasteiger partial charge is 0.247 e. The molecule has 25 heavy (non-hydrogen) atoms. The van der Waals surface area contributed by atoms with Crippen LogP contribution in [0.25, 0.3) is 33.3 Å². The van der Waals surface area contributed by atoms with Crippen molar-refractivity contribution in [2.24, 2.45) is 0 Å². The first-order valence-corrected chi connectivity index (χ1v) is 9.57. The smallest absolute Gasteiger partial charge is 0.0864 e. The van der Waals surface area contributed by atoms with Crippen molar-refractivity contribution in [1.82, 2.24) is 4.98 Å². The summed E-state index contributed by atoms with van der Waals surface area (Å²) in [5.41, 5.74) is 5.05. The van der Waals surface area contributed by atoms with E-state index in [1.165, 1.54) is 5.56 Å². The number of benzene rings is 3. The highest BCUT2D eigenvalue weighted by molar-refractivity contribution is 14.1. The molecule has 0 saturated heterocycles. The second kappa shape index (κ2) is 6.94. The molecule has 0 unspecified atom stereocenters. The van der Waals surface area contributed by atoms with Gasteiger partial charge in [-0.05, 0) is 52.4 Å². The predicted molar refractivity (Wildman–Crippen MR) is 115 cm³/mol. The number of nitrogens with zero attached hydrogens (tertiary/aromatic N) is 1. The van der Waals surface area contributed by atoms with Gasteiger partial charge in [0, 0.05) is 25.1 Å². The minimum atomic E-state index is 0.604. The SMILES string of the molecule is Clc1ccc(-c2nc3ccccc3c(-c3ccccc3)c2I)c(Cl)c1. The second-order valence-corrected chi connectivity index (χ2v) is 7.58. The Kier molecular flexibility index (Phi) is 4.67. The third kappa shape index (κ3) is 3.14. The average Bonchev–Trinajstić information content (AvgIpc) is 2.62. The zero-order chi connectivity index (χ0) is 17.4. The summed E-state index contributed by atoms with van der Waals surface area (Å²) in [4.78, 5) is 4.89. The van der Waals surface area contributed by atoms with Crippen molar-refractivity contribution in [3.05, 3.63) is 86.4 Å². The number of halogens is 3. The summed E-state index contributed by atoms with van der Waals surface area (Å²) >= 11 is 14.9. The van der Waals surface area contributed by atoms with E-state index in [-0.39, 0.29) is 0 Å². The molecule has 0 aliphatic heterocycles. The summed E-state index contributed by atoms with van der Waals surface area (Å²) in [6.45, 7) is 0.